The predicted molar refractivity (Wildman–Crippen MR) is 100 cm³/mol. The fourth-order valence-electron chi connectivity index (χ4n) is 2.63. The van der Waals surface area contributed by atoms with Crippen LogP contribution in [-0.4, -0.2) is 25.1 Å². The molecular formula is C21H20N2O3. The van der Waals surface area contributed by atoms with Crippen LogP contribution in [0.4, 0.5) is 0 Å². The van der Waals surface area contributed by atoms with Crippen molar-refractivity contribution in [3.63, 3.8) is 0 Å². The Bertz CT molecular complexity index is 895. The molecule has 132 valence electrons. The van der Waals surface area contributed by atoms with Gasteiger partial charge < -0.3 is 14.8 Å². The van der Waals surface area contributed by atoms with Gasteiger partial charge in [0.1, 0.15) is 11.5 Å². The quantitative estimate of drug-likeness (QED) is 0.738. The first kappa shape index (κ1) is 17.5. The van der Waals surface area contributed by atoms with E-state index in [9.17, 15) is 4.79 Å². The number of hydrogen-bond donors (Lipinski definition) is 1. The minimum Gasteiger partial charge on any atom is -0.497 e. The number of carbonyl (C=O) groups excluding carboxylic acids is 1. The molecule has 1 aromatic heterocycles. The van der Waals surface area contributed by atoms with Gasteiger partial charge in [0, 0.05) is 30.1 Å². The van der Waals surface area contributed by atoms with E-state index in [2.05, 4.69) is 10.3 Å². The summed E-state index contributed by atoms with van der Waals surface area (Å²) in [6.07, 6.45) is 3.25. The Balaban J connectivity index is 1.83. The van der Waals surface area contributed by atoms with E-state index in [0.29, 0.717) is 23.6 Å². The maximum Gasteiger partial charge on any atom is 0.253 e. The lowest BCUT2D eigenvalue weighted by Crippen LogP contribution is -2.22. The van der Waals surface area contributed by atoms with Crippen molar-refractivity contribution in [1.82, 2.24) is 10.3 Å². The fraction of sp³-hybridized carbons (Fsp3) is 0.143. The third-order valence-corrected chi connectivity index (χ3v) is 4.01. The summed E-state index contributed by atoms with van der Waals surface area (Å²) in [5.74, 6) is 1.22. The van der Waals surface area contributed by atoms with Crippen LogP contribution < -0.4 is 14.8 Å². The normalized spacial score (nSPS) is 10.2. The molecule has 0 aliphatic carbocycles. The molecule has 1 heterocycles. The van der Waals surface area contributed by atoms with Crippen LogP contribution in [0.5, 0.6) is 11.5 Å². The van der Waals surface area contributed by atoms with Crippen molar-refractivity contribution in [3.05, 3.63) is 78.1 Å². The number of hydrogen-bond acceptors (Lipinski definition) is 4. The van der Waals surface area contributed by atoms with E-state index >= 15 is 0 Å². The molecule has 0 unspecified atom stereocenters. The third kappa shape index (κ3) is 4.00. The summed E-state index contributed by atoms with van der Waals surface area (Å²) in [6, 6.07) is 17.1. The maximum atomic E-state index is 12.5. The lowest BCUT2D eigenvalue weighted by atomic mass is 10.0. The number of pyridine rings is 1. The van der Waals surface area contributed by atoms with Crippen LogP contribution in [0.25, 0.3) is 11.1 Å². The molecule has 0 bridgehead atoms. The molecule has 1 N–H and O–H groups in total. The molecule has 0 aliphatic rings. The third-order valence-electron chi connectivity index (χ3n) is 4.01. The van der Waals surface area contributed by atoms with Gasteiger partial charge in [-0.1, -0.05) is 30.3 Å². The van der Waals surface area contributed by atoms with Gasteiger partial charge in [0.05, 0.1) is 19.8 Å². The Kier molecular flexibility index (Phi) is 5.49. The van der Waals surface area contributed by atoms with Crippen LogP contribution in [0.3, 0.4) is 0 Å². The van der Waals surface area contributed by atoms with Crippen molar-refractivity contribution < 1.29 is 14.3 Å². The van der Waals surface area contributed by atoms with Crippen molar-refractivity contribution in [3.8, 4) is 22.6 Å². The molecular weight excluding hydrogens is 328 g/mol. The molecule has 5 nitrogen and oxygen atoms in total. The zero-order valence-electron chi connectivity index (χ0n) is 14.7. The van der Waals surface area contributed by atoms with Gasteiger partial charge in [-0.3, -0.25) is 9.78 Å². The molecule has 0 radical (unpaired) electrons. The number of amides is 1. The summed E-state index contributed by atoms with van der Waals surface area (Å²) >= 11 is 0. The van der Waals surface area contributed by atoms with Crippen molar-refractivity contribution in [1.29, 1.82) is 0 Å². The monoisotopic (exact) mass is 348 g/mol. The second-order valence-corrected chi connectivity index (χ2v) is 5.70. The molecule has 0 saturated heterocycles. The molecule has 26 heavy (non-hydrogen) atoms. The minimum atomic E-state index is -0.176. The first-order valence-corrected chi connectivity index (χ1v) is 8.21. The van der Waals surface area contributed by atoms with Gasteiger partial charge >= 0.3 is 0 Å². The van der Waals surface area contributed by atoms with Gasteiger partial charge in [-0.05, 0) is 29.8 Å². The molecule has 3 rings (SSSR count). The average molecular weight is 348 g/mol. The number of benzene rings is 2. The summed E-state index contributed by atoms with van der Waals surface area (Å²) < 4.78 is 10.7. The second kappa shape index (κ2) is 8.16. The van der Waals surface area contributed by atoms with Gasteiger partial charge in [-0.25, -0.2) is 0 Å². The number of nitrogens with zero attached hydrogens (tertiary/aromatic N) is 1. The Morgan fingerprint density at radius 1 is 1.00 bits per heavy atom. The molecule has 2 aromatic carbocycles. The van der Waals surface area contributed by atoms with Crippen LogP contribution in [0.1, 0.15) is 15.9 Å². The van der Waals surface area contributed by atoms with E-state index in [1.54, 1.807) is 32.7 Å². The Morgan fingerprint density at radius 2 is 1.81 bits per heavy atom. The fourth-order valence-corrected chi connectivity index (χ4v) is 2.63. The number of methoxy groups -OCH3 is 2. The maximum absolute atomic E-state index is 12.5. The number of aromatic nitrogens is 1. The summed E-state index contributed by atoms with van der Waals surface area (Å²) in [5, 5.41) is 2.91. The average Bonchev–Trinajstić information content (AvgIpc) is 2.72. The highest BCUT2D eigenvalue weighted by molar-refractivity contribution is 5.95. The van der Waals surface area contributed by atoms with Crippen LogP contribution >= 0.6 is 0 Å². The van der Waals surface area contributed by atoms with E-state index in [1.165, 1.54) is 0 Å². The smallest absolute Gasteiger partial charge is 0.253 e. The van der Waals surface area contributed by atoms with Crippen molar-refractivity contribution in [2.75, 3.05) is 14.2 Å². The first-order chi connectivity index (χ1) is 12.7. The van der Waals surface area contributed by atoms with Gasteiger partial charge in [0.25, 0.3) is 5.91 Å². The van der Waals surface area contributed by atoms with Gasteiger partial charge in [0.2, 0.25) is 0 Å². The summed E-state index contributed by atoms with van der Waals surface area (Å²) in [4.78, 5) is 16.7. The zero-order valence-corrected chi connectivity index (χ0v) is 14.7. The Labute approximate surface area is 152 Å². The highest BCUT2D eigenvalue weighted by Gasteiger charge is 2.12. The van der Waals surface area contributed by atoms with Crippen molar-refractivity contribution >= 4 is 5.91 Å². The molecule has 0 aliphatic heterocycles. The van der Waals surface area contributed by atoms with E-state index in [-0.39, 0.29) is 5.91 Å². The summed E-state index contributed by atoms with van der Waals surface area (Å²) in [5.41, 5.74) is 3.13. The molecule has 5 heteroatoms. The Morgan fingerprint density at radius 3 is 2.54 bits per heavy atom. The van der Waals surface area contributed by atoms with Crippen LogP contribution in [0.15, 0.2) is 67.0 Å². The van der Waals surface area contributed by atoms with Gasteiger partial charge in [-0.2, -0.15) is 0 Å². The van der Waals surface area contributed by atoms with Crippen molar-refractivity contribution in [2.24, 2.45) is 0 Å². The number of rotatable bonds is 6. The van der Waals surface area contributed by atoms with E-state index < -0.39 is 0 Å². The summed E-state index contributed by atoms with van der Waals surface area (Å²) in [6.45, 7) is 0.465. The highest BCUT2D eigenvalue weighted by atomic mass is 16.5. The van der Waals surface area contributed by atoms with Crippen LogP contribution in [0, 0.1) is 0 Å². The van der Waals surface area contributed by atoms with E-state index in [4.69, 9.17) is 9.47 Å². The summed E-state index contributed by atoms with van der Waals surface area (Å²) in [7, 11) is 3.21. The van der Waals surface area contributed by atoms with Crippen LogP contribution in [-0.2, 0) is 6.54 Å². The largest absolute Gasteiger partial charge is 0.497 e. The zero-order chi connectivity index (χ0) is 18.4. The molecule has 0 fully saturated rings. The molecule has 0 atom stereocenters. The predicted octanol–water partition coefficient (Wildman–Crippen LogP) is 3.70. The number of ether oxygens (including phenoxy) is 2. The second-order valence-electron chi connectivity index (χ2n) is 5.70. The van der Waals surface area contributed by atoms with E-state index in [0.717, 1.165) is 16.7 Å². The topological polar surface area (TPSA) is 60.5 Å². The van der Waals surface area contributed by atoms with Gasteiger partial charge in [0.15, 0.2) is 0 Å². The lowest BCUT2D eigenvalue weighted by Gasteiger charge is -2.11. The number of carbonyl (C=O) groups is 1. The number of nitrogens with one attached hydrogen (secondary N) is 1. The van der Waals surface area contributed by atoms with Crippen molar-refractivity contribution in [2.45, 2.75) is 6.54 Å². The minimum absolute atomic E-state index is 0.176. The lowest BCUT2D eigenvalue weighted by molar-refractivity contribution is 0.0950. The van der Waals surface area contributed by atoms with Gasteiger partial charge in [-0.15, -0.1) is 0 Å². The Hall–Kier alpha value is -3.34. The van der Waals surface area contributed by atoms with E-state index in [1.807, 2.05) is 48.5 Å². The molecule has 0 saturated carbocycles. The standard InChI is InChI=1S/C21H20N2O3/c1-25-18-8-9-20(26-2)19(11-18)16-10-17(14-22-13-16)21(24)23-12-15-6-4-3-5-7-15/h3-11,13-14H,12H2,1-2H3,(H,23,24). The highest BCUT2D eigenvalue weighted by Crippen LogP contribution is 2.33. The molecule has 3 aromatic rings. The van der Waals surface area contributed by atoms with Crippen LogP contribution in [0.2, 0.25) is 0 Å². The first-order valence-electron chi connectivity index (χ1n) is 8.21. The molecule has 0 spiro atoms. The molecule has 1 amide bonds. The SMILES string of the molecule is COc1ccc(OC)c(-c2cncc(C(=O)NCc3ccccc3)c2)c1.